The molecular weight excluding hydrogens is 863 g/mol. The maximum absolute atomic E-state index is 14.0. The molecule has 8 rings (SSSR count). The number of cyclic esters (lactones) is 1. The van der Waals surface area contributed by atoms with Gasteiger partial charge in [0.2, 0.25) is 18.1 Å². The molecule has 0 bridgehead atoms. The molecule has 4 aliphatic rings. The van der Waals surface area contributed by atoms with Crippen molar-refractivity contribution >= 4 is 51.7 Å². The molecule has 20 heteroatoms. The number of benzene rings is 2. The van der Waals surface area contributed by atoms with E-state index in [0.717, 1.165) is 0 Å². The van der Waals surface area contributed by atoms with E-state index in [1.54, 1.807) is 63.2 Å². The fraction of sp³-hybridized carbons (Fsp3) is 0.467. The summed E-state index contributed by atoms with van der Waals surface area (Å²) in [6.45, 7) is 5.83. The number of esters is 1. The first kappa shape index (κ1) is 45.7. The van der Waals surface area contributed by atoms with Crippen molar-refractivity contribution in [1.29, 1.82) is 0 Å². The molecule has 2 amide bonds. The first-order valence-corrected chi connectivity index (χ1v) is 22.2. The van der Waals surface area contributed by atoms with Crippen LogP contribution in [0.5, 0.6) is 17.2 Å². The van der Waals surface area contributed by atoms with E-state index in [0.29, 0.717) is 95.4 Å². The van der Waals surface area contributed by atoms with Gasteiger partial charge in [-0.05, 0) is 100 Å². The molecule has 1 fully saturated rings. The summed E-state index contributed by atoms with van der Waals surface area (Å²) in [7, 11) is 0. The van der Waals surface area contributed by atoms with Crippen molar-refractivity contribution in [1.82, 2.24) is 25.5 Å². The monoisotopic (exact) mass is 915 g/mol. The third-order valence-corrected chi connectivity index (χ3v) is 12.5. The summed E-state index contributed by atoms with van der Waals surface area (Å²) in [6.07, 6.45) is -1.46. The van der Waals surface area contributed by atoms with Crippen LogP contribution in [0.15, 0.2) is 47.3 Å². The number of carbonyl (C=O) groups is 3. The molecular formula is C45H53N7O12S. The zero-order valence-corrected chi connectivity index (χ0v) is 37.0. The Morgan fingerprint density at radius 2 is 1.75 bits per heavy atom. The lowest BCUT2D eigenvalue weighted by Crippen LogP contribution is -2.53. The zero-order chi connectivity index (χ0) is 46.2. The van der Waals surface area contributed by atoms with Gasteiger partial charge in [-0.1, -0.05) is 6.92 Å². The molecule has 19 nitrogen and oxygen atoms in total. The Hall–Kier alpha value is -5.90. The molecule has 4 aromatic rings. The number of carbonyl (C=O) groups excluding carboxylic acids is 3. The van der Waals surface area contributed by atoms with E-state index >= 15 is 0 Å². The molecule has 0 aliphatic carbocycles. The Balaban J connectivity index is 0.967. The van der Waals surface area contributed by atoms with Crippen molar-refractivity contribution in [2.45, 2.75) is 115 Å². The lowest BCUT2D eigenvalue weighted by atomic mass is 9.86. The lowest BCUT2D eigenvalue weighted by molar-refractivity contribution is -0.228. The summed E-state index contributed by atoms with van der Waals surface area (Å²) >= 11 is 5.59. The summed E-state index contributed by atoms with van der Waals surface area (Å²) in [5.41, 5.74) is 6.95. The van der Waals surface area contributed by atoms with Gasteiger partial charge in [-0.3, -0.25) is 14.4 Å². The van der Waals surface area contributed by atoms with E-state index in [9.17, 15) is 34.5 Å². The molecule has 7 atom stereocenters. The smallest absolute Gasteiger partial charge is 0.343 e. The molecule has 2 aromatic heterocycles. The third kappa shape index (κ3) is 9.18. The van der Waals surface area contributed by atoms with Gasteiger partial charge in [-0.25, -0.2) is 9.78 Å². The van der Waals surface area contributed by atoms with Crippen LogP contribution in [-0.2, 0) is 49.2 Å². The SMILES string of the molecule is CC[C@@]1(O)C(=O)OCc2c1cc1n(c2=O)Cc2c-1nc1cc3c(cc1c2CNC(=O)[C@H](C)NC(=O)[C@H](CCCCN)NC(=S)Nc1ccc(O[C@H]2O[C@@H](C)[C@@H](O)CC2O)cc1)OCCO3. The number of nitrogens with zero attached hydrogens (tertiary/aromatic N) is 2. The molecule has 6 heterocycles. The number of hydrogen-bond acceptors (Lipinski definition) is 15. The van der Waals surface area contributed by atoms with Gasteiger partial charge in [0, 0.05) is 41.2 Å². The van der Waals surface area contributed by atoms with Crippen molar-refractivity contribution in [3.63, 3.8) is 0 Å². The Morgan fingerprint density at radius 3 is 2.48 bits per heavy atom. The van der Waals surface area contributed by atoms with Crippen LogP contribution in [0.2, 0.25) is 0 Å². The number of ether oxygens (including phenoxy) is 5. The van der Waals surface area contributed by atoms with E-state index in [-0.39, 0.29) is 48.8 Å². The van der Waals surface area contributed by atoms with Crippen LogP contribution in [0.25, 0.3) is 22.3 Å². The molecule has 1 unspecified atom stereocenters. The average molecular weight is 916 g/mol. The van der Waals surface area contributed by atoms with Crippen molar-refractivity contribution in [3.8, 4) is 28.6 Å². The van der Waals surface area contributed by atoms with Crippen LogP contribution in [-0.4, -0.2) is 104 Å². The zero-order valence-electron chi connectivity index (χ0n) is 36.2. The van der Waals surface area contributed by atoms with Gasteiger partial charge in [0.25, 0.3) is 5.56 Å². The predicted octanol–water partition coefficient (Wildman–Crippen LogP) is 1.69. The highest BCUT2D eigenvalue weighted by Crippen LogP contribution is 2.43. The van der Waals surface area contributed by atoms with Gasteiger partial charge in [0.05, 0.1) is 41.2 Å². The standard InChI is InChI=1S/C45H53N7O12S/c1-4-45(59)30-16-33-38-28(20-52(33)41(57)29(30)21-62-43(45)58)27(26-15-36-37(17-32(26)50-38)61-14-13-60-36)19-47-39(55)22(2)48-40(56)31(7-5-6-12-46)51-44(65)49-24-8-10-25(11-9-24)64-42-35(54)18-34(53)23(3)63-42/h8-11,15-17,22-23,31,34-35,42,53-54,59H,4-7,12-14,18-21,46H2,1-3H3,(H,47,55)(H,48,56)(H2,49,51,65)/t22-,23-,31-,34-,35?,42+,45-/m0/s1. The van der Waals surface area contributed by atoms with Crippen LogP contribution in [0.3, 0.4) is 0 Å². The van der Waals surface area contributed by atoms with Crippen LogP contribution in [0, 0.1) is 0 Å². The fourth-order valence-electron chi connectivity index (χ4n) is 8.50. The van der Waals surface area contributed by atoms with E-state index in [1.807, 2.05) is 0 Å². The number of aliphatic hydroxyl groups excluding tert-OH is 2. The minimum Gasteiger partial charge on any atom is -0.486 e. The van der Waals surface area contributed by atoms with Crippen LogP contribution in [0.4, 0.5) is 5.69 Å². The Labute approximate surface area is 378 Å². The first-order valence-electron chi connectivity index (χ1n) is 21.7. The maximum atomic E-state index is 14.0. The van der Waals surface area contributed by atoms with Crippen molar-refractivity contribution < 1.29 is 53.4 Å². The van der Waals surface area contributed by atoms with Crippen LogP contribution < -0.4 is 46.8 Å². The Bertz CT molecular complexity index is 2570. The van der Waals surface area contributed by atoms with Gasteiger partial charge in [0.15, 0.2) is 22.2 Å². The van der Waals surface area contributed by atoms with Gasteiger partial charge in [-0.2, -0.15) is 0 Å². The number of fused-ring (bicyclic) bond motifs is 6. The highest BCUT2D eigenvalue weighted by atomic mass is 32.1. The van der Waals surface area contributed by atoms with Crippen molar-refractivity contribution in [3.05, 3.63) is 75.1 Å². The molecule has 4 aliphatic heterocycles. The molecule has 0 radical (unpaired) electrons. The van der Waals surface area contributed by atoms with Crippen molar-refractivity contribution in [2.75, 3.05) is 25.1 Å². The topological polar surface area (TPSA) is 267 Å². The van der Waals surface area contributed by atoms with Gasteiger partial charge < -0.3 is 70.6 Å². The number of aliphatic hydroxyl groups is 3. The van der Waals surface area contributed by atoms with Crippen LogP contribution >= 0.6 is 12.2 Å². The normalized spacial score (nSPS) is 22.7. The number of pyridine rings is 2. The highest BCUT2D eigenvalue weighted by Gasteiger charge is 2.46. The number of thiocarbonyl (C=S) groups is 1. The van der Waals surface area contributed by atoms with E-state index in [4.69, 9.17) is 46.6 Å². The molecule has 346 valence electrons. The number of nitrogens with one attached hydrogen (secondary N) is 4. The summed E-state index contributed by atoms with van der Waals surface area (Å²) < 4.78 is 29.9. The maximum Gasteiger partial charge on any atom is 0.343 e. The molecule has 0 saturated carbocycles. The number of rotatable bonds is 14. The number of amides is 2. The molecule has 0 spiro atoms. The van der Waals surface area contributed by atoms with Gasteiger partial charge >= 0.3 is 5.97 Å². The van der Waals surface area contributed by atoms with Gasteiger partial charge in [0.1, 0.15) is 43.8 Å². The number of aromatic nitrogens is 2. The van der Waals surface area contributed by atoms with Crippen molar-refractivity contribution in [2.24, 2.45) is 5.73 Å². The quantitative estimate of drug-likeness (QED) is 0.0448. The Kier molecular flexibility index (Phi) is 13.3. The number of hydrogen-bond donors (Lipinski definition) is 8. The van der Waals surface area contributed by atoms with E-state index in [2.05, 4.69) is 21.3 Å². The second kappa shape index (κ2) is 18.9. The summed E-state index contributed by atoms with van der Waals surface area (Å²) in [4.78, 5) is 59.3. The Morgan fingerprint density at radius 1 is 1.02 bits per heavy atom. The number of anilines is 1. The predicted molar refractivity (Wildman–Crippen MR) is 239 cm³/mol. The molecule has 9 N–H and O–H groups in total. The summed E-state index contributed by atoms with van der Waals surface area (Å²) in [5.74, 6) is -0.359. The highest BCUT2D eigenvalue weighted by molar-refractivity contribution is 7.80. The van der Waals surface area contributed by atoms with E-state index in [1.165, 1.54) is 4.57 Å². The lowest BCUT2D eigenvalue weighted by Gasteiger charge is -2.35. The number of unbranched alkanes of at least 4 members (excludes halogenated alkanes) is 1. The average Bonchev–Trinajstić information content (AvgIpc) is 3.66. The minimum atomic E-state index is -2.00. The largest absolute Gasteiger partial charge is 0.486 e. The van der Waals surface area contributed by atoms with Crippen LogP contribution in [0.1, 0.15) is 75.1 Å². The summed E-state index contributed by atoms with van der Waals surface area (Å²) in [6, 6.07) is 10.1. The summed E-state index contributed by atoms with van der Waals surface area (Å²) in [5, 5.41) is 44.4. The second-order valence-corrected chi connectivity index (χ2v) is 17.0. The minimum absolute atomic E-state index is 0.00745. The molecule has 65 heavy (non-hydrogen) atoms. The molecule has 1 saturated heterocycles. The van der Waals surface area contributed by atoms with E-state index < -0.39 is 65.6 Å². The fourth-order valence-corrected chi connectivity index (χ4v) is 8.76. The number of nitrogens with two attached hydrogens (primary N) is 1. The van der Waals surface area contributed by atoms with Gasteiger partial charge in [-0.15, -0.1) is 0 Å². The third-order valence-electron chi connectivity index (χ3n) is 12.3. The molecule has 2 aromatic carbocycles. The first-order chi connectivity index (χ1) is 31.2. The second-order valence-electron chi connectivity index (χ2n) is 16.6.